The number of para-hydroxylation sites is 2. The molecule has 7 nitrogen and oxygen atoms in total. The molecular formula is C16H21N5O2. The van der Waals surface area contributed by atoms with Crippen LogP contribution in [-0.2, 0) is 4.79 Å². The molecule has 0 saturated carbocycles. The van der Waals surface area contributed by atoms with Gasteiger partial charge in [0, 0.05) is 26.2 Å². The van der Waals surface area contributed by atoms with Gasteiger partial charge in [0.1, 0.15) is 24.4 Å². The van der Waals surface area contributed by atoms with Crippen LogP contribution in [0.3, 0.4) is 0 Å². The Kier molecular flexibility index (Phi) is 4.45. The molecule has 0 N–H and O–H groups in total. The van der Waals surface area contributed by atoms with Gasteiger partial charge in [-0.15, -0.1) is 0 Å². The van der Waals surface area contributed by atoms with Crippen LogP contribution >= 0.6 is 0 Å². The molecule has 1 aromatic heterocycles. The van der Waals surface area contributed by atoms with Gasteiger partial charge < -0.3 is 14.5 Å². The van der Waals surface area contributed by atoms with Crippen LogP contribution in [0, 0.1) is 0 Å². The normalized spacial score (nSPS) is 16.3. The number of carbonyl (C=O) groups is 1. The van der Waals surface area contributed by atoms with Crippen LogP contribution < -0.4 is 9.64 Å². The van der Waals surface area contributed by atoms with E-state index in [-0.39, 0.29) is 11.9 Å². The number of hydrogen-bond acceptors (Lipinski definition) is 5. The van der Waals surface area contributed by atoms with Gasteiger partial charge in [-0.3, -0.25) is 4.79 Å². The van der Waals surface area contributed by atoms with Crippen molar-refractivity contribution >= 4 is 11.6 Å². The van der Waals surface area contributed by atoms with Crippen LogP contribution in [0.25, 0.3) is 0 Å². The van der Waals surface area contributed by atoms with Crippen molar-refractivity contribution in [3.63, 3.8) is 0 Å². The van der Waals surface area contributed by atoms with Crippen LogP contribution in [0.4, 0.5) is 5.69 Å². The molecule has 1 fully saturated rings. The number of methoxy groups -OCH3 is 1. The standard InChI is InChI=1S/C16H21N5O2/c1-13(21-12-17-11-18-21)16(22)20-9-7-19(8-10-20)14-5-3-4-6-15(14)23-2/h3-6,11-13H,7-10H2,1-2H3/t13-/m0/s1. The van der Waals surface area contributed by atoms with Crippen molar-refractivity contribution in [1.82, 2.24) is 19.7 Å². The van der Waals surface area contributed by atoms with Gasteiger partial charge in [-0.1, -0.05) is 12.1 Å². The summed E-state index contributed by atoms with van der Waals surface area (Å²) in [6, 6.07) is 7.65. The monoisotopic (exact) mass is 315 g/mol. The summed E-state index contributed by atoms with van der Waals surface area (Å²) in [7, 11) is 1.68. The largest absolute Gasteiger partial charge is 0.495 e. The Morgan fingerprint density at radius 3 is 2.61 bits per heavy atom. The second-order valence-corrected chi connectivity index (χ2v) is 5.54. The van der Waals surface area contributed by atoms with Gasteiger partial charge in [0.2, 0.25) is 5.91 Å². The van der Waals surface area contributed by atoms with E-state index < -0.39 is 0 Å². The van der Waals surface area contributed by atoms with Gasteiger partial charge in [-0.25, -0.2) is 9.67 Å². The van der Waals surface area contributed by atoms with Crippen LogP contribution in [-0.4, -0.2) is 58.9 Å². The lowest BCUT2D eigenvalue weighted by Crippen LogP contribution is -2.50. The highest BCUT2D eigenvalue weighted by Crippen LogP contribution is 2.28. The maximum absolute atomic E-state index is 12.6. The van der Waals surface area contributed by atoms with Crippen molar-refractivity contribution in [3.05, 3.63) is 36.9 Å². The summed E-state index contributed by atoms with van der Waals surface area (Å²) in [5.74, 6) is 0.943. The number of piperazine rings is 1. The fourth-order valence-corrected chi connectivity index (χ4v) is 2.85. The van der Waals surface area contributed by atoms with Gasteiger partial charge in [0.25, 0.3) is 0 Å². The fraction of sp³-hybridized carbons (Fsp3) is 0.438. The average Bonchev–Trinajstić information content (AvgIpc) is 3.15. The zero-order chi connectivity index (χ0) is 16.2. The number of benzene rings is 1. The van der Waals surface area contributed by atoms with E-state index >= 15 is 0 Å². The molecule has 1 atom stereocenters. The Morgan fingerprint density at radius 1 is 1.22 bits per heavy atom. The number of hydrogen-bond donors (Lipinski definition) is 0. The predicted octanol–water partition coefficient (Wildman–Crippen LogP) is 1.20. The highest BCUT2D eigenvalue weighted by atomic mass is 16.5. The lowest BCUT2D eigenvalue weighted by atomic mass is 10.2. The molecule has 0 bridgehead atoms. The van der Waals surface area contributed by atoms with Crippen LogP contribution in [0.15, 0.2) is 36.9 Å². The van der Waals surface area contributed by atoms with E-state index in [1.54, 1.807) is 18.1 Å². The Balaban J connectivity index is 1.63. The third-order valence-corrected chi connectivity index (χ3v) is 4.21. The highest BCUT2D eigenvalue weighted by Gasteiger charge is 2.27. The minimum Gasteiger partial charge on any atom is -0.495 e. The van der Waals surface area contributed by atoms with Crippen LogP contribution in [0.2, 0.25) is 0 Å². The summed E-state index contributed by atoms with van der Waals surface area (Å²) in [4.78, 5) is 20.6. The van der Waals surface area contributed by atoms with E-state index in [2.05, 4.69) is 15.0 Å². The summed E-state index contributed by atoms with van der Waals surface area (Å²) >= 11 is 0. The van der Waals surface area contributed by atoms with E-state index in [0.717, 1.165) is 24.5 Å². The Labute approximate surface area is 135 Å². The molecule has 0 radical (unpaired) electrons. The number of aromatic nitrogens is 3. The molecule has 0 aliphatic carbocycles. The summed E-state index contributed by atoms with van der Waals surface area (Å²) in [6.45, 7) is 4.81. The molecule has 2 aromatic rings. The quantitative estimate of drug-likeness (QED) is 0.848. The third kappa shape index (κ3) is 3.13. The number of rotatable bonds is 4. The zero-order valence-corrected chi connectivity index (χ0v) is 13.4. The first-order valence-electron chi connectivity index (χ1n) is 7.71. The number of anilines is 1. The second-order valence-electron chi connectivity index (χ2n) is 5.54. The fourth-order valence-electron chi connectivity index (χ4n) is 2.85. The number of amides is 1. The van der Waals surface area contributed by atoms with E-state index in [9.17, 15) is 4.79 Å². The van der Waals surface area contributed by atoms with E-state index in [1.165, 1.54) is 6.33 Å². The van der Waals surface area contributed by atoms with Crippen LogP contribution in [0.5, 0.6) is 5.75 Å². The first-order chi connectivity index (χ1) is 11.2. The molecular weight excluding hydrogens is 294 g/mol. The van der Waals surface area contributed by atoms with Crippen molar-refractivity contribution in [2.24, 2.45) is 0 Å². The van der Waals surface area contributed by atoms with Gasteiger partial charge in [0.05, 0.1) is 12.8 Å². The maximum Gasteiger partial charge on any atom is 0.247 e. The summed E-state index contributed by atoms with van der Waals surface area (Å²) < 4.78 is 7.01. The van der Waals surface area contributed by atoms with Gasteiger partial charge in [-0.2, -0.15) is 5.10 Å². The Bertz CT molecular complexity index is 650. The van der Waals surface area contributed by atoms with Crippen molar-refractivity contribution in [2.75, 3.05) is 38.2 Å². The molecule has 23 heavy (non-hydrogen) atoms. The topological polar surface area (TPSA) is 63.5 Å². The van der Waals surface area contributed by atoms with Crippen molar-refractivity contribution in [1.29, 1.82) is 0 Å². The van der Waals surface area contributed by atoms with E-state index in [0.29, 0.717) is 13.1 Å². The molecule has 1 amide bonds. The minimum absolute atomic E-state index is 0.0789. The van der Waals surface area contributed by atoms with E-state index in [4.69, 9.17) is 4.74 Å². The summed E-state index contributed by atoms with van der Waals surface area (Å²) in [5, 5.41) is 4.05. The smallest absolute Gasteiger partial charge is 0.247 e. The molecule has 2 heterocycles. The molecule has 7 heteroatoms. The predicted molar refractivity (Wildman–Crippen MR) is 86.5 cm³/mol. The first kappa shape index (κ1) is 15.3. The molecule has 3 rings (SSSR count). The zero-order valence-electron chi connectivity index (χ0n) is 13.4. The van der Waals surface area contributed by atoms with Crippen molar-refractivity contribution in [2.45, 2.75) is 13.0 Å². The molecule has 0 unspecified atom stereocenters. The number of carbonyl (C=O) groups excluding carboxylic acids is 1. The average molecular weight is 315 g/mol. The summed E-state index contributed by atoms with van der Waals surface area (Å²) in [5.41, 5.74) is 1.08. The van der Waals surface area contributed by atoms with Crippen molar-refractivity contribution < 1.29 is 9.53 Å². The van der Waals surface area contributed by atoms with E-state index in [1.807, 2.05) is 36.1 Å². The Hall–Kier alpha value is -2.57. The van der Waals surface area contributed by atoms with Gasteiger partial charge >= 0.3 is 0 Å². The van der Waals surface area contributed by atoms with Gasteiger partial charge in [0.15, 0.2) is 0 Å². The number of nitrogens with zero attached hydrogens (tertiary/aromatic N) is 5. The molecule has 122 valence electrons. The molecule has 1 aromatic carbocycles. The van der Waals surface area contributed by atoms with Crippen LogP contribution in [0.1, 0.15) is 13.0 Å². The lowest BCUT2D eigenvalue weighted by Gasteiger charge is -2.37. The molecule has 1 aliphatic heterocycles. The maximum atomic E-state index is 12.6. The lowest BCUT2D eigenvalue weighted by molar-refractivity contribution is -0.134. The summed E-state index contributed by atoms with van der Waals surface area (Å²) in [6.07, 6.45) is 3.02. The highest BCUT2D eigenvalue weighted by molar-refractivity contribution is 5.80. The first-order valence-corrected chi connectivity index (χ1v) is 7.71. The molecule has 0 spiro atoms. The SMILES string of the molecule is COc1ccccc1N1CCN(C(=O)[C@H](C)n2cncn2)CC1. The Morgan fingerprint density at radius 2 is 1.96 bits per heavy atom. The minimum atomic E-state index is -0.324. The molecule has 1 aliphatic rings. The third-order valence-electron chi connectivity index (χ3n) is 4.21. The number of ether oxygens (including phenoxy) is 1. The second kappa shape index (κ2) is 6.68. The molecule has 1 saturated heterocycles. The van der Waals surface area contributed by atoms with Crippen molar-refractivity contribution in [3.8, 4) is 5.75 Å². The van der Waals surface area contributed by atoms with Gasteiger partial charge in [-0.05, 0) is 19.1 Å².